The number of carbonyl (C=O) groups excluding carboxylic acids is 1. The fraction of sp³-hybridized carbons (Fsp3) is 0.407. The van der Waals surface area contributed by atoms with E-state index in [0.29, 0.717) is 38.6 Å². The second-order valence-electron chi connectivity index (χ2n) is 10.5. The quantitative estimate of drug-likeness (QED) is 0.369. The highest BCUT2D eigenvalue weighted by atomic mass is 35.5. The number of halogens is 2. The number of hydrogen-bond donors (Lipinski definition) is 2. The predicted octanol–water partition coefficient (Wildman–Crippen LogP) is 5.89. The van der Waals surface area contributed by atoms with Gasteiger partial charge in [-0.3, -0.25) is 4.90 Å². The molecule has 4 rings (SSSR count). The van der Waals surface area contributed by atoms with E-state index >= 15 is 0 Å². The van der Waals surface area contributed by atoms with Crippen LogP contribution >= 0.6 is 23.2 Å². The summed E-state index contributed by atoms with van der Waals surface area (Å²) in [6.45, 7) is 6.82. The van der Waals surface area contributed by atoms with Gasteiger partial charge in [-0.05, 0) is 45.4 Å². The van der Waals surface area contributed by atoms with Crippen molar-refractivity contribution < 1.29 is 28.9 Å². The molecule has 1 aliphatic rings. The number of aliphatic carboxylic acids is 1. The number of amides is 1. The fourth-order valence-electron chi connectivity index (χ4n) is 4.55. The number of hydrogen-bond acceptors (Lipinski definition) is 8. The van der Waals surface area contributed by atoms with Crippen LogP contribution in [0.25, 0.3) is 22.0 Å². The Balaban J connectivity index is 1.60. The van der Waals surface area contributed by atoms with Crippen molar-refractivity contribution in [2.45, 2.75) is 51.3 Å². The van der Waals surface area contributed by atoms with Crippen molar-refractivity contribution in [2.24, 2.45) is 0 Å². The Morgan fingerprint density at radius 1 is 1.13 bits per heavy atom. The number of aromatic nitrogens is 2. The normalized spacial score (nSPS) is 19.2. The molecule has 0 saturated carbocycles. The third-order valence-electron chi connectivity index (χ3n) is 6.49. The molecule has 1 amide bonds. The Bertz CT molecular complexity index is 1420. The smallest absolute Gasteiger partial charge is 0.411 e. The second kappa shape index (κ2) is 10.6. The van der Waals surface area contributed by atoms with Crippen molar-refractivity contribution in [3.05, 3.63) is 40.5 Å². The second-order valence-corrected chi connectivity index (χ2v) is 11.2. The van der Waals surface area contributed by atoms with Crippen LogP contribution in [0.4, 0.5) is 10.7 Å². The maximum Gasteiger partial charge on any atom is 0.411 e. The van der Waals surface area contributed by atoms with E-state index in [4.69, 9.17) is 37.4 Å². The Hall–Kier alpha value is -3.50. The van der Waals surface area contributed by atoms with Crippen LogP contribution in [0.1, 0.15) is 34.1 Å². The molecule has 0 spiro atoms. The van der Waals surface area contributed by atoms with Gasteiger partial charge in [0.2, 0.25) is 5.95 Å². The first-order valence-electron chi connectivity index (χ1n) is 12.1. The van der Waals surface area contributed by atoms with Gasteiger partial charge in [0, 0.05) is 42.2 Å². The molecule has 10 nitrogen and oxygen atoms in total. The highest BCUT2D eigenvalue weighted by molar-refractivity contribution is 6.41. The number of carboxylic acids is 1. The van der Waals surface area contributed by atoms with Crippen LogP contribution in [-0.2, 0) is 9.53 Å². The summed E-state index contributed by atoms with van der Waals surface area (Å²) < 4.78 is 16.2. The largest absolute Gasteiger partial charge is 0.495 e. The van der Waals surface area contributed by atoms with Crippen LogP contribution in [-0.4, -0.2) is 70.0 Å². The summed E-state index contributed by atoms with van der Waals surface area (Å²) >= 11 is 13.2. The minimum absolute atomic E-state index is 0.118. The van der Waals surface area contributed by atoms with Crippen LogP contribution in [0.2, 0.25) is 10.0 Å². The molecule has 208 valence electrons. The minimum Gasteiger partial charge on any atom is -0.495 e. The van der Waals surface area contributed by atoms with E-state index in [-0.39, 0.29) is 13.0 Å². The van der Waals surface area contributed by atoms with Gasteiger partial charge >= 0.3 is 12.1 Å². The van der Waals surface area contributed by atoms with Crippen molar-refractivity contribution in [3.8, 4) is 22.6 Å². The van der Waals surface area contributed by atoms with Gasteiger partial charge in [-0.2, -0.15) is 0 Å². The van der Waals surface area contributed by atoms with Crippen LogP contribution in [0.5, 0.6) is 11.5 Å². The summed E-state index contributed by atoms with van der Waals surface area (Å²) in [5, 5.41) is 14.5. The summed E-state index contributed by atoms with van der Waals surface area (Å²) in [7, 11) is 3.02. The summed E-state index contributed by atoms with van der Waals surface area (Å²) in [6.07, 6.45) is 1.11. The average molecular weight is 577 g/mol. The highest BCUT2D eigenvalue weighted by Crippen LogP contribution is 2.46. The van der Waals surface area contributed by atoms with E-state index in [2.05, 4.69) is 15.3 Å². The molecule has 12 heteroatoms. The number of rotatable bonds is 6. The minimum atomic E-state index is -1.44. The van der Waals surface area contributed by atoms with Crippen molar-refractivity contribution >= 4 is 52.1 Å². The first-order chi connectivity index (χ1) is 18.3. The molecular formula is C27H30Cl2N4O6. The number of carbonyl (C=O) groups is 2. The van der Waals surface area contributed by atoms with Crippen molar-refractivity contribution in [3.63, 3.8) is 0 Å². The number of methoxy groups -OCH3 is 2. The van der Waals surface area contributed by atoms with Gasteiger partial charge < -0.3 is 24.6 Å². The van der Waals surface area contributed by atoms with Crippen LogP contribution in [0.15, 0.2) is 30.5 Å². The molecule has 0 radical (unpaired) electrons. The zero-order valence-corrected chi connectivity index (χ0v) is 24.0. The zero-order chi connectivity index (χ0) is 28.7. The third kappa shape index (κ3) is 5.62. The highest BCUT2D eigenvalue weighted by Gasteiger charge is 2.51. The third-order valence-corrected chi connectivity index (χ3v) is 7.24. The molecule has 3 aromatic rings. The predicted molar refractivity (Wildman–Crippen MR) is 149 cm³/mol. The lowest BCUT2D eigenvalue weighted by molar-refractivity contribution is -0.148. The molecular weight excluding hydrogens is 547 g/mol. The standard InChI is InChI=1S/C27H30Cl2N4O6/c1-26(2,3)39-25(36)33-13-16(11-27(33,4)23(34)35)31-24-30-12-15-9-14(7-8-17(15)32-24)20-21(28)18(37-5)10-19(38-6)22(20)29/h7-10,12,16H,11,13H2,1-6H3,(H,34,35)(H,30,31,32)/t16-,27-/m0/s1. The van der Waals surface area contributed by atoms with E-state index < -0.39 is 29.2 Å². The van der Waals surface area contributed by atoms with Crippen LogP contribution in [0, 0.1) is 0 Å². The van der Waals surface area contributed by atoms with Crippen molar-refractivity contribution in [1.82, 2.24) is 14.9 Å². The number of ether oxygens (including phenoxy) is 3. The summed E-state index contributed by atoms with van der Waals surface area (Å²) in [5.41, 5.74) is -0.282. The zero-order valence-electron chi connectivity index (χ0n) is 22.5. The summed E-state index contributed by atoms with van der Waals surface area (Å²) in [4.78, 5) is 35.1. The van der Waals surface area contributed by atoms with Gasteiger partial charge in [0.1, 0.15) is 22.6 Å². The van der Waals surface area contributed by atoms with Crippen molar-refractivity contribution in [1.29, 1.82) is 0 Å². The molecule has 0 unspecified atom stereocenters. The van der Waals surface area contributed by atoms with Gasteiger partial charge in [-0.1, -0.05) is 29.3 Å². The number of fused-ring (bicyclic) bond motifs is 1. The lowest BCUT2D eigenvalue weighted by Gasteiger charge is -2.32. The van der Waals surface area contributed by atoms with Crippen molar-refractivity contribution in [2.75, 3.05) is 26.1 Å². The van der Waals surface area contributed by atoms with E-state index in [1.54, 1.807) is 39.1 Å². The number of nitrogens with zero attached hydrogens (tertiary/aromatic N) is 3. The fourth-order valence-corrected chi connectivity index (χ4v) is 5.27. The first kappa shape index (κ1) is 28.5. The molecule has 0 aliphatic carbocycles. The molecule has 2 N–H and O–H groups in total. The number of carboxylic acid groups (broad SMARTS) is 1. The summed E-state index contributed by atoms with van der Waals surface area (Å²) in [5.74, 6) is 0.0394. The molecule has 2 aromatic carbocycles. The molecule has 39 heavy (non-hydrogen) atoms. The average Bonchev–Trinajstić information content (AvgIpc) is 3.20. The molecule has 1 aliphatic heterocycles. The molecule has 0 bridgehead atoms. The molecule has 1 aromatic heterocycles. The maximum absolute atomic E-state index is 12.8. The summed E-state index contributed by atoms with van der Waals surface area (Å²) in [6, 6.07) is 6.70. The molecule has 2 heterocycles. The maximum atomic E-state index is 12.8. The first-order valence-corrected chi connectivity index (χ1v) is 12.9. The lowest BCUT2D eigenvalue weighted by Crippen LogP contribution is -2.52. The van der Waals surface area contributed by atoms with Crippen LogP contribution < -0.4 is 14.8 Å². The Kier molecular flexibility index (Phi) is 7.73. The van der Waals surface area contributed by atoms with Gasteiger partial charge in [0.05, 0.1) is 29.8 Å². The molecule has 1 saturated heterocycles. The van der Waals surface area contributed by atoms with Crippen LogP contribution in [0.3, 0.4) is 0 Å². The lowest BCUT2D eigenvalue weighted by atomic mass is 9.98. The van der Waals surface area contributed by atoms with Gasteiger partial charge in [-0.25, -0.2) is 19.6 Å². The topological polar surface area (TPSA) is 123 Å². The Morgan fingerprint density at radius 2 is 1.77 bits per heavy atom. The van der Waals surface area contributed by atoms with E-state index in [1.165, 1.54) is 26.0 Å². The molecule has 1 fully saturated rings. The number of likely N-dealkylation sites (tertiary alicyclic amines) is 1. The van der Waals surface area contributed by atoms with E-state index in [1.807, 2.05) is 12.1 Å². The van der Waals surface area contributed by atoms with Gasteiger partial charge in [-0.15, -0.1) is 0 Å². The Labute approximate surface area is 236 Å². The van der Waals surface area contributed by atoms with E-state index in [0.717, 1.165) is 10.9 Å². The Morgan fingerprint density at radius 3 is 2.33 bits per heavy atom. The number of anilines is 1. The number of benzene rings is 2. The van der Waals surface area contributed by atoms with E-state index in [9.17, 15) is 14.7 Å². The van der Waals surface area contributed by atoms with Gasteiger partial charge in [0.25, 0.3) is 0 Å². The molecule has 2 atom stereocenters. The van der Waals surface area contributed by atoms with Gasteiger partial charge in [0.15, 0.2) is 0 Å². The monoisotopic (exact) mass is 576 g/mol. The SMILES string of the molecule is COc1cc(OC)c(Cl)c(-c2ccc3nc(N[C@@H]4CN(C(=O)OC(C)(C)C)[C@](C)(C(=O)O)C4)ncc3c2)c1Cl. The number of nitrogens with one attached hydrogen (secondary N) is 1.